The lowest BCUT2D eigenvalue weighted by Gasteiger charge is -2.16. The first-order chi connectivity index (χ1) is 7.97. The highest BCUT2D eigenvalue weighted by Crippen LogP contribution is 2.33. The van der Waals surface area contributed by atoms with Crippen molar-refractivity contribution in [3.8, 4) is 11.1 Å². The zero-order chi connectivity index (χ0) is 12.5. The maximum Gasteiger partial charge on any atom is 0.175 e. The lowest BCUT2D eigenvalue weighted by Crippen LogP contribution is -2.09. The molecule has 3 nitrogen and oxygen atoms in total. The van der Waals surface area contributed by atoms with E-state index in [1.807, 2.05) is 30.3 Å². The van der Waals surface area contributed by atoms with E-state index in [-0.39, 0.29) is 5.41 Å². The molecule has 0 aliphatic rings. The van der Waals surface area contributed by atoms with Crippen LogP contribution in [-0.4, -0.2) is 5.16 Å². The fraction of sp³-hybridized carbons (Fsp3) is 0.357. The molecule has 2 N–H and O–H groups in total. The van der Waals surface area contributed by atoms with Gasteiger partial charge in [0.2, 0.25) is 0 Å². The standard InChI is InChI=1S/C14H18N2O/c1-14(2,3)9-11-12(13(15)16-17-11)10-7-5-4-6-8-10/h4-8H,9H2,1-3H3,(H2,15,16). The first-order valence-corrected chi connectivity index (χ1v) is 5.77. The van der Waals surface area contributed by atoms with Crippen molar-refractivity contribution < 1.29 is 4.52 Å². The van der Waals surface area contributed by atoms with Crippen molar-refractivity contribution in [2.45, 2.75) is 27.2 Å². The van der Waals surface area contributed by atoms with Gasteiger partial charge < -0.3 is 10.3 Å². The molecule has 2 rings (SSSR count). The number of benzene rings is 1. The van der Waals surface area contributed by atoms with Crippen molar-refractivity contribution in [3.63, 3.8) is 0 Å². The Morgan fingerprint density at radius 2 is 1.82 bits per heavy atom. The van der Waals surface area contributed by atoms with E-state index in [4.69, 9.17) is 10.3 Å². The van der Waals surface area contributed by atoms with Gasteiger partial charge in [0.25, 0.3) is 0 Å². The van der Waals surface area contributed by atoms with Crippen LogP contribution in [0.3, 0.4) is 0 Å². The Hall–Kier alpha value is -1.77. The molecule has 0 saturated heterocycles. The van der Waals surface area contributed by atoms with Gasteiger partial charge in [0.05, 0.1) is 5.56 Å². The molecule has 0 atom stereocenters. The third-order valence-corrected chi connectivity index (χ3v) is 2.54. The Morgan fingerprint density at radius 3 is 2.41 bits per heavy atom. The van der Waals surface area contributed by atoms with Gasteiger partial charge in [-0.15, -0.1) is 0 Å². The van der Waals surface area contributed by atoms with E-state index in [0.717, 1.165) is 23.3 Å². The number of nitrogens with two attached hydrogens (primary N) is 1. The van der Waals surface area contributed by atoms with Gasteiger partial charge in [-0.2, -0.15) is 0 Å². The number of hydrogen-bond donors (Lipinski definition) is 1. The highest BCUT2D eigenvalue weighted by molar-refractivity contribution is 5.75. The van der Waals surface area contributed by atoms with Crippen molar-refractivity contribution in [1.29, 1.82) is 0 Å². The summed E-state index contributed by atoms with van der Waals surface area (Å²) in [6, 6.07) is 10.0. The van der Waals surface area contributed by atoms with E-state index in [0.29, 0.717) is 5.82 Å². The average Bonchev–Trinajstić information content (AvgIpc) is 2.58. The molecule has 0 unspecified atom stereocenters. The molecular formula is C14H18N2O. The summed E-state index contributed by atoms with van der Waals surface area (Å²) in [7, 11) is 0. The van der Waals surface area contributed by atoms with Crippen LogP contribution in [0, 0.1) is 5.41 Å². The van der Waals surface area contributed by atoms with Gasteiger partial charge in [-0.3, -0.25) is 0 Å². The van der Waals surface area contributed by atoms with Gasteiger partial charge in [-0.25, -0.2) is 0 Å². The third-order valence-electron chi connectivity index (χ3n) is 2.54. The van der Waals surface area contributed by atoms with Crippen LogP contribution in [-0.2, 0) is 6.42 Å². The minimum atomic E-state index is 0.148. The summed E-state index contributed by atoms with van der Waals surface area (Å²) in [6.07, 6.45) is 0.821. The molecule has 0 amide bonds. The third kappa shape index (κ3) is 2.67. The highest BCUT2D eigenvalue weighted by atomic mass is 16.5. The highest BCUT2D eigenvalue weighted by Gasteiger charge is 2.21. The van der Waals surface area contributed by atoms with Crippen molar-refractivity contribution >= 4 is 5.82 Å². The normalized spacial score (nSPS) is 11.7. The van der Waals surface area contributed by atoms with Gasteiger partial charge in [-0.05, 0) is 11.0 Å². The van der Waals surface area contributed by atoms with Crippen LogP contribution < -0.4 is 5.73 Å². The number of nitrogens with zero attached hydrogens (tertiary/aromatic N) is 1. The van der Waals surface area contributed by atoms with E-state index in [1.165, 1.54) is 0 Å². The van der Waals surface area contributed by atoms with Crippen LogP contribution in [0.15, 0.2) is 34.9 Å². The van der Waals surface area contributed by atoms with E-state index in [2.05, 4.69) is 25.9 Å². The van der Waals surface area contributed by atoms with Crippen LogP contribution >= 0.6 is 0 Å². The molecule has 0 aliphatic carbocycles. The van der Waals surface area contributed by atoms with Crippen LogP contribution in [0.25, 0.3) is 11.1 Å². The van der Waals surface area contributed by atoms with E-state index in [1.54, 1.807) is 0 Å². The average molecular weight is 230 g/mol. The maximum absolute atomic E-state index is 5.89. The first kappa shape index (κ1) is 11.7. The second-order valence-corrected chi connectivity index (χ2v) is 5.47. The Morgan fingerprint density at radius 1 is 1.18 bits per heavy atom. The SMILES string of the molecule is CC(C)(C)Cc1onc(N)c1-c1ccccc1. The van der Waals surface area contributed by atoms with E-state index >= 15 is 0 Å². The van der Waals surface area contributed by atoms with Crippen LogP contribution in [0.2, 0.25) is 0 Å². The number of rotatable bonds is 2. The van der Waals surface area contributed by atoms with Gasteiger partial charge in [0.15, 0.2) is 5.82 Å². The smallest absolute Gasteiger partial charge is 0.175 e. The van der Waals surface area contributed by atoms with E-state index < -0.39 is 0 Å². The summed E-state index contributed by atoms with van der Waals surface area (Å²) < 4.78 is 5.35. The van der Waals surface area contributed by atoms with Crippen LogP contribution in [0.1, 0.15) is 26.5 Å². The fourth-order valence-electron chi connectivity index (χ4n) is 1.85. The Bertz CT molecular complexity index is 495. The Labute approximate surface area is 102 Å². The molecule has 1 aromatic heterocycles. The summed E-state index contributed by atoms with van der Waals surface area (Å²) in [6.45, 7) is 6.50. The Balaban J connectivity index is 2.44. The summed E-state index contributed by atoms with van der Waals surface area (Å²) in [5.41, 5.74) is 8.03. The topological polar surface area (TPSA) is 52.0 Å². The fourth-order valence-corrected chi connectivity index (χ4v) is 1.85. The predicted octanol–water partition coefficient (Wildman–Crippen LogP) is 3.51. The lowest BCUT2D eigenvalue weighted by atomic mass is 9.88. The second-order valence-electron chi connectivity index (χ2n) is 5.47. The maximum atomic E-state index is 5.89. The van der Waals surface area contributed by atoms with Gasteiger partial charge in [0.1, 0.15) is 5.76 Å². The van der Waals surface area contributed by atoms with E-state index in [9.17, 15) is 0 Å². The first-order valence-electron chi connectivity index (χ1n) is 5.77. The molecule has 0 fully saturated rings. The van der Waals surface area contributed by atoms with Crippen molar-refractivity contribution in [1.82, 2.24) is 5.16 Å². The van der Waals surface area contributed by atoms with Crippen LogP contribution in [0.4, 0.5) is 5.82 Å². The number of aromatic nitrogens is 1. The van der Waals surface area contributed by atoms with Gasteiger partial charge in [0, 0.05) is 6.42 Å². The molecule has 0 bridgehead atoms. The molecule has 0 aliphatic heterocycles. The zero-order valence-electron chi connectivity index (χ0n) is 10.5. The van der Waals surface area contributed by atoms with Crippen LogP contribution in [0.5, 0.6) is 0 Å². The van der Waals surface area contributed by atoms with Gasteiger partial charge >= 0.3 is 0 Å². The zero-order valence-corrected chi connectivity index (χ0v) is 10.5. The largest absolute Gasteiger partial charge is 0.380 e. The quantitative estimate of drug-likeness (QED) is 0.858. The molecule has 17 heavy (non-hydrogen) atoms. The number of nitrogen functional groups attached to an aromatic ring is 1. The summed E-state index contributed by atoms with van der Waals surface area (Å²) in [4.78, 5) is 0. The molecule has 0 radical (unpaired) electrons. The summed E-state index contributed by atoms with van der Waals surface area (Å²) in [5.74, 6) is 1.33. The minimum absolute atomic E-state index is 0.148. The molecule has 0 saturated carbocycles. The van der Waals surface area contributed by atoms with Crippen molar-refractivity contribution in [2.24, 2.45) is 5.41 Å². The molecule has 1 heterocycles. The summed E-state index contributed by atoms with van der Waals surface area (Å²) in [5, 5.41) is 3.88. The molecule has 1 aromatic carbocycles. The molecular weight excluding hydrogens is 212 g/mol. The Kier molecular flexibility index (Phi) is 2.92. The number of anilines is 1. The molecule has 90 valence electrons. The molecule has 3 heteroatoms. The van der Waals surface area contributed by atoms with Crippen molar-refractivity contribution in [2.75, 3.05) is 5.73 Å². The monoisotopic (exact) mass is 230 g/mol. The van der Waals surface area contributed by atoms with Gasteiger partial charge in [-0.1, -0.05) is 56.3 Å². The predicted molar refractivity (Wildman–Crippen MR) is 69.5 cm³/mol. The molecule has 2 aromatic rings. The lowest BCUT2D eigenvalue weighted by molar-refractivity contribution is 0.322. The van der Waals surface area contributed by atoms with Crippen molar-refractivity contribution in [3.05, 3.63) is 36.1 Å². The number of hydrogen-bond acceptors (Lipinski definition) is 3. The second kappa shape index (κ2) is 4.24. The summed E-state index contributed by atoms with van der Waals surface area (Å²) >= 11 is 0. The minimum Gasteiger partial charge on any atom is -0.380 e. The molecule has 0 spiro atoms.